The highest BCUT2D eigenvalue weighted by Crippen LogP contribution is 2.13. The van der Waals surface area contributed by atoms with Gasteiger partial charge in [0.05, 0.1) is 13.2 Å². The summed E-state index contributed by atoms with van der Waals surface area (Å²) in [6.07, 6.45) is 1.89. The van der Waals surface area contributed by atoms with Gasteiger partial charge in [0.2, 0.25) is 0 Å². The molecule has 2 amide bonds. The average Bonchev–Trinajstić information content (AvgIpc) is 2.60. The van der Waals surface area contributed by atoms with Gasteiger partial charge < -0.3 is 15.0 Å². The fourth-order valence-electron chi connectivity index (χ4n) is 2.76. The van der Waals surface area contributed by atoms with E-state index in [4.69, 9.17) is 16.3 Å². The lowest BCUT2D eigenvalue weighted by Crippen LogP contribution is -2.42. The maximum atomic E-state index is 12.4. The molecule has 0 aliphatic carbocycles. The Kier molecular flexibility index (Phi) is 8.36. The Bertz CT molecular complexity index is 507. The van der Waals surface area contributed by atoms with Crippen molar-refractivity contribution in [2.75, 3.05) is 45.9 Å². The molecule has 0 unspecified atom stereocenters. The topological polar surface area (TPSA) is 44.8 Å². The molecule has 0 aromatic heterocycles. The normalized spacial score (nSPS) is 15.2. The van der Waals surface area contributed by atoms with Crippen LogP contribution in [0.3, 0.4) is 0 Å². The molecule has 0 saturated carbocycles. The number of amides is 2. The quantitative estimate of drug-likeness (QED) is 0.781. The average molecular weight is 354 g/mol. The SMILES string of the molecule is CCCNC(=O)N(CCCN1CCOCC1)Cc1cccc(Cl)c1. The van der Waals surface area contributed by atoms with E-state index in [0.29, 0.717) is 18.1 Å². The summed E-state index contributed by atoms with van der Waals surface area (Å²) < 4.78 is 5.37. The van der Waals surface area contributed by atoms with Crippen molar-refractivity contribution >= 4 is 17.6 Å². The fourth-order valence-corrected chi connectivity index (χ4v) is 2.97. The number of ether oxygens (including phenoxy) is 1. The van der Waals surface area contributed by atoms with Crippen LogP contribution in [0.15, 0.2) is 24.3 Å². The van der Waals surface area contributed by atoms with Crippen molar-refractivity contribution in [1.29, 1.82) is 0 Å². The van der Waals surface area contributed by atoms with Gasteiger partial charge in [-0.25, -0.2) is 4.79 Å². The Balaban J connectivity index is 1.87. The summed E-state index contributed by atoms with van der Waals surface area (Å²) in [5.74, 6) is 0. The van der Waals surface area contributed by atoms with Crippen LogP contribution in [-0.2, 0) is 11.3 Å². The molecule has 1 aromatic rings. The van der Waals surface area contributed by atoms with Crippen molar-refractivity contribution in [2.24, 2.45) is 0 Å². The van der Waals surface area contributed by atoms with Crippen molar-refractivity contribution in [3.05, 3.63) is 34.9 Å². The van der Waals surface area contributed by atoms with Gasteiger partial charge in [0.15, 0.2) is 0 Å². The van der Waals surface area contributed by atoms with E-state index in [0.717, 1.165) is 57.8 Å². The maximum absolute atomic E-state index is 12.4. The molecule has 1 saturated heterocycles. The van der Waals surface area contributed by atoms with Gasteiger partial charge in [0, 0.05) is 44.3 Å². The molecule has 1 N–H and O–H groups in total. The van der Waals surface area contributed by atoms with Crippen LogP contribution < -0.4 is 5.32 Å². The summed E-state index contributed by atoms with van der Waals surface area (Å²) >= 11 is 6.06. The number of hydrogen-bond acceptors (Lipinski definition) is 3. The maximum Gasteiger partial charge on any atom is 0.317 e. The first kappa shape index (κ1) is 19.0. The zero-order chi connectivity index (χ0) is 17.2. The number of halogens is 1. The first-order valence-corrected chi connectivity index (χ1v) is 9.14. The minimum Gasteiger partial charge on any atom is -0.379 e. The monoisotopic (exact) mass is 353 g/mol. The van der Waals surface area contributed by atoms with Crippen molar-refractivity contribution in [2.45, 2.75) is 26.3 Å². The van der Waals surface area contributed by atoms with Crippen LogP contribution in [-0.4, -0.2) is 61.8 Å². The molecule has 1 aromatic carbocycles. The van der Waals surface area contributed by atoms with E-state index in [1.165, 1.54) is 0 Å². The van der Waals surface area contributed by atoms with Crippen LogP contribution in [0.1, 0.15) is 25.3 Å². The van der Waals surface area contributed by atoms with E-state index in [1.54, 1.807) is 0 Å². The Morgan fingerprint density at radius 2 is 2.17 bits per heavy atom. The molecule has 0 atom stereocenters. The third kappa shape index (κ3) is 6.67. The molecule has 2 rings (SSSR count). The van der Waals surface area contributed by atoms with E-state index in [1.807, 2.05) is 29.2 Å². The van der Waals surface area contributed by atoms with Gasteiger partial charge in [-0.1, -0.05) is 30.7 Å². The van der Waals surface area contributed by atoms with Gasteiger partial charge in [0.1, 0.15) is 0 Å². The minimum absolute atomic E-state index is 0.00111. The number of carbonyl (C=O) groups is 1. The zero-order valence-corrected chi connectivity index (χ0v) is 15.2. The highest BCUT2D eigenvalue weighted by Gasteiger charge is 2.15. The summed E-state index contributed by atoms with van der Waals surface area (Å²) in [6.45, 7) is 8.66. The van der Waals surface area contributed by atoms with Gasteiger partial charge in [-0.3, -0.25) is 4.90 Å². The first-order valence-electron chi connectivity index (χ1n) is 8.76. The molecular weight excluding hydrogens is 326 g/mol. The highest BCUT2D eigenvalue weighted by molar-refractivity contribution is 6.30. The molecule has 6 heteroatoms. The molecule has 1 fully saturated rings. The Morgan fingerprint density at radius 1 is 1.38 bits per heavy atom. The second-order valence-electron chi connectivity index (χ2n) is 6.09. The van der Waals surface area contributed by atoms with Crippen LogP contribution in [0.25, 0.3) is 0 Å². The standard InChI is InChI=1S/C18H28ClN3O2/c1-2-7-20-18(23)22(15-16-5-3-6-17(19)14-16)9-4-8-21-10-12-24-13-11-21/h3,5-6,14H,2,4,7-13,15H2,1H3,(H,20,23). The lowest BCUT2D eigenvalue weighted by Gasteiger charge is -2.28. The molecule has 134 valence electrons. The third-order valence-electron chi connectivity index (χ3n) is 4.08. The van der Waals surface area contributed by atoms with Crippen LogP contribution in [0.4, 0.5) is 4.79 Å². The predicted molar refractivity (Wildman–Crippen MR) is 97.4 cm³/mol. The lowest BCUT2D eigenvalue weighted by atomic mass is 10.2. The van der Waals surface area contributed by atoms with Crippen LogP contribution >= 0.6 is 11.6 Å². The summed E-state index contributed by atoms with van der Waals surface area (Å²) in [5, 5.41) is 3.68. The van der Waals surface area contributed by atoms with Gasteiger partial charge in [-0.15, -0.1) is 0 Å². The lowest BCUT2D eigenvalue weighted by molar-refractivity contribution is 0.0364. The van der Waals surface area contributed by atoms with Crippen molar-refractivity contribution in [1.82, 2.24) is 15.1 Å². The smallest absolute Gasteiger partial charge is 0.317 e. The number of hydrogen-bond donors (Lipinski definition) is 1. The summed E-state index contributed by atoms with van der Waals surface area (Å²) in [6, 6.07) is 7.70. The van der Waals surface area contributed by atoms with Crippen LogP contribution in [0.2, 0.25) is 5.02 Å². The summed E-state index contributed by atoms with van der Waals surface area (Å²) in [5.41, 5.74) is 1.06. The number of nitrogens with zero attached hydrogens (tertiary/aromatic N) is 2. The van der Waals surface area contributed by atoms with Gasteiger partial charge >= 0.3 is 6.03 Å². The van der Waals surface area contributed by atoms with Gasteiger partial charge in [0.25, 0.3) is 0 Å². The number of morpholine rings is 1. The largest absolute Gasteiger partial charge is 0.379 e. The van der Waals surface area contributed by atoms with E-state index in [9.17, 15) is 4.79 Å². The summed E-state index contributed by atoms with van der Waals surface area (Å²) in [7, 11) is 0. The molecule has 0 bridgehead atoms. The second kappa shape index (κ2) is 10.5. The van der Waals surface area contributed by atoms with E-state index in [2.05, 4.69) is 17.1 Å². The molecule has 24 heavy (non-hydrogen) atoms. The van der Waals surface area contributed by atoms with Gasteiger partial charge in [-0.05, 0) is 30.5 Å². The number of carbonyl (C=O) groups excluding carboxylic acids is 1. The van der Waals surface area contributed by atoms with E-state index < -0.39 is 0 Å². The number of urea groups is 1. The molecule has 1 aliphatic rings. The Hall–Kier alpha value is -1.30. The molecule has 5 nitrogen and oxygen atoms in total. The predicted octanol–water partition coefficient (Wildman–Crippen LogP) is 2.98. The molecule has 1 aliphatic heterocycles. The molecular formula is C18H28ClN3O2. The minimum atomic E-state index is -0.00111. The number of benzene rings is 1. The van der Waals surface area contributed by atoms with Crippen molar-refractivity contribution < 1.29 is 9.53 Å². The second-order valence-corrected chi connectivity index (χ2v) is 6.53. The van der Waals surface area contributed by atoms with E-state index >= 15 is 0 Å². The third-order valence-corrected chi connectivity index (χ3v) is 4.32. The van der Waals surface area contributed by atoms with Gasteiger partial charge in [-0.2, -0.15) is 0 Å². The highest BCUT2D eigenvalue weighted by atomic mass is 35.5. The van der Waals surface area contributed by atoms with E-state index in [-0.39, 0.29) is 6.03 Å². The number of nitrogens with one attached hydrogen (secondary N) is 1. The number of rotatable bonds is 8. The zero-order valence-electron chi connectivity index (χ0n) is 14.5. The van der Waals surface area contributed by atoms with Crippen molar-refractivity contribution in [3.63, 3.8) is 0 Å². The molecule has 1 heterocycles. The fraction of sp³-hybridized carbons (Fsp3) is 0.611. The molecule has 0 radical (unpaired) electrons. The van der Waals surface area contributed by atoms with Crippen LogP contribution in [0, 0.1) is 0 Å². The Morgan fingerprint density at radius 3 is 2.88 bits per heavy atom. The molecule has 0 spiro atoms. The van der Waals surface area contributed by atoms with Crippen molar-refractivity contribution in [3.8, 4) is 0 Å². The first-order chi connectivity index (χ1) is 11.7. The van der Waals surface area contributed by atoms with Crippen LogP contribution in [0.5, 0.6) is 0 Å². The Labute approximate surface area is 149 Å². The summed E-state index contributed by atoms with van der Waals surface area (Å²) in [4.78, 5) is 16.7.